The van der Waals surface area contributed by atoms with Gasteiger partial charge in [0.1, 0.15) is 5.82 Å². The molecule has 0 aliphatic heterocycles. The van der Waals surface area contributed by atoms with Crippen LogP contribution in [0, 0.1) is 12.7 Å². The molecule has 0 radical (unpaired) electrons. The number of benzene rings is 2. The van der Waals surface area contributed by atoms with Crippen LogP contribution in [0.5, 0.6) is 0 Å². The first-order valence-electron chi connectivity index (χ1n) is 7.72. The third kappa shape index (κ3) is 4.40. The molecule has 0 saturated heterocycles. The van der Waals surface area contributed by atoms with Crippen molar-refractivity contribution in [3.63, 3.8) is 0 Å². The summed E-state index contributed by atoms with van der Waals surface area (Å²) in [4.78, 5) is 0. The average molecular weight is 285 g/mol. The molecule has 0 spiro atoms. The van der Waals surface area contributed by atoms with Gasteiger partial charge in [-0.3, -0.25) is 0 Å². The number of halogens is 1. The van der Waals surface area contributed by atoms with Gasteiger partial charge in [-0.25, -0.2) is 4.39 Å². The molecule has 2 rings (SSSR count). The van der Waals surface area contributed by atoms with Crippen molar-refractivity contribution in [3.8, 4) is 0 Å². The van der Waals surface area contributed by atoms with Gasteiger partial charge in [-0.05, 0) is 49.1 Å². The summed E-state index contributed by atoms with van der Waals surface area (Å²) >= 11 is 0. The van der Waals surface area contributed by atoms with Gasteiger partial charge >= 0.3 is 0 Å². The highest BCUT2D eigenvalue weighted by atomic mass is 19.1. The van der Waals surface area contributed by atoms with Gasteiger partial charge < -0.3 is 5.32 Å². The van der Waals surface area contributed by atoms with E-state index >= 15 is 0 Å². The summed E-state index contributed by atoms with van der Waals surface area (Å²) in [6, 6.07) is 15.5. The summed E-state index contributed by atoms with van der Waals surface area (Å²) < 4.78 is 14.1. The number of hydrogen-bond acceptors (Lipinski definition) is 1. The molecule has 1 nitrogen and oxygen atoms in total. The Morgan fingerprint density at radius 3 is 2.48 bits per heavy atom. The van der Waals surface area contributed by atoms with Crippen molar-refractivity contribution in [3.05, 3.63) is 71.0 Å². The first kappa shape index (κ1) is 15.7. The Labute approximate surface area is 127 Å². The quantitative estimate of drug-likeness (QED) is 0.741. The molecule has 0 heterocycles. The average Bonchev–Trinajstić information content (AvgIpc) is 2.49. The van der Waals surface area contributed by atoms with Crippen molar-refractivity contribution in [2.45, 2.75) is 32.6 Å². The van der Waals surface area contributed by atoms with E-state index in [0.717, 1.165) is 31.5 Å². The van der Waals surface area contributed by atoms with Gasteiger partial charge in [-0.15, -0.1) is 0 Å². The van der Waals surface area contributed by atoms with Gasteiger partial charge in [0.15, 0.2) is 0 Å². The minimum atomic E-state index is -0.102. The van der Waals surface area contributed by atoms with Gasteiger partial charge in [0.25, 0.3) is 0 Å². The second-order valence-electron chi connectivity index (χ2n) is 5.55. The first-order chi connectivity index (χ1) is 10.2. The Morgan fingerprint density at radius 2 is 1.76 bits per heavy atom. The minimum absolute atomic E-state index is 0.102. The molecule has 0 aromatic heterocycles. The maximum atomic E-state index is 14.1. The van der Waals surface area contributed by atoms with E-state index < -0.39 is 0 Å². The minimum Gasteiger partial charge on any atom is -0.316 e. The molecule has 0 saturated carbocycles. The van der Waals surface area contributed by atoms with Crippen molar-refractivity contribution in [1.29, 1.82) is 0 Å². The van der Waals surface area contributed by atoms with Crippen molar-refractivity contribution < 1.29 is 4.39 Å². The third-order valence-electron chi connectivity index (χ3n) is 3.89. The molecule has 1 atom stereocenters. The fourth-order valence-electron chi connectivity index (χ4n) is 2.66. The van der Waals surface area contributed by atoms with Crippen LogP contribution in [0.1, 0.15) is 36.0 Å². The molecule has 0 bridgehead atoms. The Hall–Kier alpha value is -1.67. The van der Waals surface area contributed by atoms with E-state index in [1.165, 1.54) is 11.1 Å². The Kier molecular flexibility index (Phi) is 5.94. The fourth-order valence-corrected chi connectivity index (χ4v) is 2.66. The summed E-state index contributed by atoms with van der Waals surface area (Å²) in [6.45, 7) is 6.04. The summed E-state index contributed by atoms with van der Waals surface area (Å²) in [5.41, 5.74) is 3.38. The van der Waals surface area contributed by atoms with Crippen molar-refractivity contribution in [2.75, 3.05) is 13.1 Å². The number of nitrogens with one attached hydrogen (secondary N) is 1. The van der Waals surface area contributed by atoms with Crippen LogP contribution < -0.4 is 5.32 Å². The predicted molar refractivity (Wildman–Crippen MR) is 87.2 cm³/mol. The van der Waals surface area contributed by atoms with Crippen LogP contribution in [-0.2, 0) is 6.42 Å². The second kappa shape index (κ2) is 7.94. The molecule has 2 aromatic carbocycles. The summed E-state index contributed by atoms with van der Waals surface area (Å²) in [5.74, 6) is 0.0632. The zero-order valence-electron chi connectivity index (χ0n) is 12.9. The SMILES string of the molecule is CCCNCC(Cc1ccccc1C)c1ccccc1F. The smallest absolute Gasteiger partial charge is 0.126 e. The van der Waals surface area contributed by atoms with Gasteiger partial charge in [0, 0.05) is 12.5 Å². The first-order valence-corrected chi connectivity index (χ1v) is 7.72. The number of aryl methyl sites for hydroxylation is 1. The molecule has 0 amide bonds. The van der Waals surface area contributed by atoms with Crippen LogP contribution in [-0.4, -0.2) is 13.1 Å². The summed E-state index contributed by atoms with van der Waals surface area (Å²) in [5, 5.41) is 3.43. The Bertz CT molecular complexity index is 565. The molecule has 2 aromatic rings. The monoisotopic (exact) mass is 285 g/mol. The maximum absolute atomic E-state index is 14.1. The maximum Gasteiger partial charge on any atom is 0.126 e. The van der Waals surface area contributed by atoms with E-state index in [-0.39, 0.29) is 11.7 Å². The van der Waals surface area contributed by atoms with Crippen LogP contribution in [0.4, 0.5) is 4.39 Å². The van der Waals surface area contributed by atoms with Crippen LogP contribution >= 0.6 is 0 Å². The largest absolute Gasteiger partial charge is 0.316 e. The van der Waals surface area contributed by atoms with Gasteiger partial charge in [0.05, 0.1) is 0 Å². The Morgan fingerprint density at radius 1 is 1.05 bits per heavy atom. The molecule has 0 aliphatic carbocycles. The van der Waals surface area contributed by atoms with Crippen LogP contribution in [0.15, 0.2) is 48.5 Å². The molecule has 21 heavy (non-hydrogen) atoms. The van der Waals surface area contributed by atoms with E-state index in [2.05, 4.69) is 37.4 Å². The lowest BCUT2D eigenvalue weighted by atomic mass is 9.89. The highest BCUT2D eigenvalue weighted by molar-refractivity contribution is 5.30. The van der Waals surface area contributed by atoms with E-state index in [9.17, 15) is 4.39 Å². The van der Waals surface area contributed by atoms with Crippen LogP contribution in [0.3, 0.4) is 0 Å². The van der Waals surface area contributed by atoms with Crippen LogP contribution in [0.2, 0.25) is 0 Å². The lowest BCUT2D eigenvalue weighted by molar-refractivity contribution is 0.536. The molecule has 2 heteroatoms. The van der Waals surface area contributed by atoms with E-state index in [4.69, 9.17) is 0 Å². The fraction of sp³-hybridized carbons (Fsp3) is 0.368. The molecule has 0 aliphatic rings. The third-order valence-corrected chi connectivity index (χ3v) is 3.89. The van der Waals surface area contributed by atoms with E-state index in [1.54, 1.807) is 12.1 Å². The van der Waals surface area contributed by atoms with Gasteiger partial charge in [0.2, 0.25) is 0 Å². The van der Waals surface area contributed by atoms with Crippen molar-refractivity contribution >= 4 is 0 Å². The molecule has 1 unspecified atom stereocenters. The molecular weight excluding hydrogens is 261 g/mol. The molecule has 112 valence electrons. The normalized spacial score (nSPS) is 12.3. The van der Waals surface area contributed by atoms with Crippen molar-refractivity contribution in [1.82, 2.24) is 5.32 Å². The molecule has 0 fully saturated rings. The van der Waals surface area contributed by atoms with Gasteiger partial charge in [-0.2, -0.15) is 0 Å². The van der Waals surface area contributed by atoms with E-state index in [0.29, 0.717) is 0 Å². The topological polar surface area (TPSA) is 12.0 Å². The molecular formula is C19H24FN. The zero-order chi connectivity index (χ0) is 15.1. The zero-order valence-corrected chi connectivity index (χ0v) is 12.9. The highest BCUT2D eigenvalue weighted by Gasteiger charge is 2.16. The summed E-state index contributed by atoms with van der Waals surface area (Å²) in [6.07, 6.45) is 1.96. The Balaban J connectivity index is 2.20. The summed E-state index contributed by atoms with van der Waals surface area (Å²) in [7, 11) is 0. The second-order valence-corrected chi connectivity index (χ2v) is 5.55. The predicted octanol–water partition coefficient (Wildman–Crippen LogP) is 4.46. The van der Waals surface area contributed by atoms with Crippen molar-refractivity contribution in [2.24, 2.45) is 0 Å². The standard InChI is InChI=1S/C19H24FN/c1-3-12-21-14-17(18-10-6-7-11-19(18)20)13-16-9-5-4-8-15(16)2/h4-11,17,21H,3,12-14H2,1-2H3. The number of rotatable bonds is 7. The lowest BCUT2D eigenvalue weighted by Crippen LogP contribution is -2.24. The van der Waals surface area contributed by atoms with E-state index in [1.807, 2.05) is 18.2 Å². The highest BCUT2D eigenvalue weighted by Crippen LogP contribution is 2.24. The van der Waals surface area contributed by atoms with Gasteiger partial charge in [-0.1, -0.05) is 49.4 Å². The molecule has 1 N–H and O–H groups in total. The van der Waals surface area contributed by atoms with Crippen LogP contribution in [0.25, 0.3) is 0 Å². The number of hydrogen-bond donors (Lipinski definition) is 1. The lowest BCUT2D eigenvalue weighted by Gasteiger charge is -2.20.